The van der Waals surface area contributed by atoms with Crippen molar-refractivity contribution in [3.05, 3.63) is 95.1 Å². The lowest BCUT2D eigenvalue weighted by Gasteiger charge is -2.17. The average Bonchev–Trinajstić information content (AvgIpc) is 2.66. The van der Waals surface area contributed by atoms with Crippen LogP contribution >= 0.6 is 0 Å². The zero-order chi connectivity index (χ0) is 16.7. The van der Waals surface area contributed by atoms with E-state index in [-0.39, 0.29) is 0 Å². The molecule has 0 bridgehead atoms. The first-order valence-corrected chi connectivity index (χ1v) is 8.63. The fourth-order valence-corrected chi connectivity index (χ4v) is 3.83. The predicted octanol–water partition coefficient (Wildman–Crippen LogP) is 6.76. The Hall–Kier alpha value is -2.60. The van der Waals surface area contributed by atoms with Gasteiger partial charge in [-0.15, -0.1) is 0 Å². The maximum absolute atomic E-state index is 2.39. The Labute approximate surface area is 143 Å². The summed E-state index contributed by atoms with van der Waals surface area (Å²) < 4.78 is 0. The number of benzene rings is 4. The van der Waals surface area contributed by atoms with E-state index in [1.54, 1.807) is 0 Å². The van der Waals surface area contributed by atoms with Gasteiger partial charge in [-0.2, -0.15) is 0 Å². The van der Waals surface area contributed by atoms with Crippen LogP contribution in [0, 0.1) is 13.8 Å². The molecule has 0 aliphatic carbocycles. The molecule has 4 rings (SSSR count). The van der Waals surface area contributed by atoms with Crippen LogP contribution < -0.4 is 0 Å². The summed E-state index contributed by atoms with van der Waals surface area (Å²) in [7, 11) is 0. The number of hydrogen-bond acceptors (Lipinski definition) is 0. The fourth-order valence-electron chi connectivity index (χ4n) is 3.83. The lowest BCUT2D eigenvalue weighted by Crippen LogP contribution is -1.97. The normalized spacial score (nSPS) is 12.6. The maximum atomic E-state index is 2.39. The minimum atomic E-state index is 0.404. The first-order chi connectivity index (χ1) is 11.7. The second-order valence-corrected chi connectivity index (χ2v) is 6.73. The number of fused-ring (bicyclic) bond motifs is 2. The van der Waals surface area contributed by atoms with Crippen LogP contribution in [-0.2, 0) is 0 Å². The van der Waals surface area contributed by atoms with Gasteiger partial charge in [0, 0.05) is 5.92 Å². The maximum Gasteiger partial charge on any atom is 0.00612 e. The molecule has 0 heterocycles. The highest BCUT2D eigenvalue weighted by Gasteiger charge is 2.12. The number of aryl methyl sites for hydroxylation is 2. The third-order valence-corrected chi connectivity index (χ3v) is 5.39. The Balaban J connectivity index is 1.95. The molecule has 0 amide bonds. The fraction of sp³-hybridized carbons (Fsp3) is 0.167. The van der Waals surface area contributed by atoms with E-state index in [0.29, 0.717) is 5.92 Å². The van der Waals surface area contributed by atoms with Crippen molar-refractivity contribution in [1.82, 2.24) is 0 Å². The summed E-state index contributed by atoms with van der Waals surface area (Å²) in [4.78, 5) is 0. The molecule has 1 unspecified atom stereocenters. The highest BCUT2D eigenvalue weighted by molar-refractivity contribution is 6.05. The zero-order valence-corrected chi connectivity index (χ0v) is 14.5. The molecule has 0 aliphatic rings. The summed E-state index contributed by atoms with van der Waals surface area (Å²) in [5.74, 6) is 0.404. The van der Waals surface area contributed by atoms with Gasteiger partial charge in [0.2, 0.25) is 0 Å². The molecule has 0 N–H and O–H groups in total. The lowest BCUT2D eigenvalue weighted by atomic mass is 9.88. The van der Waals surface area contributed by atoms with E-state index in [1.165, 1.54) is 43.8 Å². The van der Waals surface area contributed by atoms with Gasteiger partial charge in [0.1, 0.15) is 0 Å². The largest absolute Gasteiger partial charge is 0.0622 e. The van der Waals surface area contributed by atoms with Crippen LogP contribution in [0.3, 0.4) is 0 Å². The van der Waals surface area contributed by atoms with Crippen molar-refractivity contribution in [3.8, 4) is 0 Å². The van der Waals surface area contributed by atoms with Crippen LogP contribution in [0.4, 0.5) is 0 Å². The minimum absolute atomic E-state index is 0.404. The molecule has 0 radical (unpaired) electrons. The van der Waals surface area contributed by atoms with Crippen molar-refractivity contribution in [2.24, 2.45) is 0 Å². The van der Waals surface area contributed by atoms with Gasteiger partial charge in [-0.25, -0.2) is 0 Å². The minimum Gasteiger partial charge on any atom is -0.0622 e. The first kappa shape index (κ1) is 15.0. The second kappa shape index (κ2) is 5.79. The van der Waals surface area contributed by atoms with E-state index in [1.807, 2.05) is 0 Å². The van der Waals surface area contributed by atoms with Gasteiger partial charge in [-0.05, 0) is 57.6 Å². The van der Waals surface area contributed by atoms with Crippen molar-refractivity contribution in [1.29, 1.82) is 0 Å². The van der Waals surface area contributed by atoms with E-state index in [4.69, 9.17) is 0 Å². The first-order valence-electron chi connectivity index (χ1n) is 8.63. The summed E-state index contributed by atoms with van der Waals surface area (Å²) in [6.07, 6.45) is 0. The van der Waals surface area contributed by atoms with Crippen LogP contribution in [0.25, 0.3) is 21.5 Å². The highest BCUT2D eigenvalue weighted by Crippen LogP contribution is 2.34. The van der Waals surface area contributed by atoms with Crippen molar-refractivity contribution in [3.63, 3.8) is 0 Å². The standard InChI is InChI=1S/C24H22/c1-16(19-9-5-4-6-10-19)20-13-14-23-17(2)21-11-7-8-12-22(21)18(3)24(23)15-20/h4-16H,1-3H3. The quantitative estimate of drug-likeness (QED) is 0.359. The molecule has 1 atom stereocenters. The van der Waals surface area contributed by atoms with Gasteiger partial charge in [-0.1, -0.05) is 79.7 Å². The molecule has 118 valence electrons. The molecule has 0 aromatic heterocycles. The Morgan fingerprint density at radius 1 is 0.542 bits per heavy atom. The Morgan fingerprint density at radius 3 is 1.75 bits per heavy atom. The van der Waals surface area contributed by atoms with Crippen molar-refractivity contribution >= 4 is 21.5 Å². The molecule has 0 fully saturated rings. The lowest BCUT2D eigenvalue weighted by molar-refractivity contribution is 0.925. The molecule has 4 aromatic carbocycles. The Kier molecular flexibility index (Phi) is 3.61. The van der Waals surface area contributed by atoms with Crippen molar-refractivity contribution in [2.45, 2.75) is 26.7 Å². The van der Waals surface area contributed by atoms with Crippen LogP contribution in [0.15, 0.2) is 72.8 Å². The van der Waals surface area contributed by atoms with Crippen LogP contribution in [-0.4, -0.2) is 0 Å². The predicted molar refractivity (Wildman–Crippen MR) is 105 cm³/mol. The summed E-state index contributed by atoms with van der Waals surface area (Å²) >= 11 is 0. The smallest absolute Gasteiger partial charge is 0.00612 e. The van der Waals surface area contributed by atoms with E-state index in [2.05, 4.69) is 93.6 Å². The molecule has 0 saturated heterocycles. The molecule has 24 heavy (non-hydrogen) atoms. The topological polar surface area (TPSA) is 0 Å². The summed E-state index contributed by atoms with van der Waals surface area (Å²) in [5, 5.41) is 5.49. The van der Waals surface area contributed by atoms with Gasteiger partial charge in [0.15, 0.2) is 0 Å². The summed E-state index contributed by atoms with van der Waals surface area (Å²) in [5.41, 5.74) is 5.51. The van der Waals surface area contributed by atoms with Crippen molar-refractivity contribution < 1.29 is 0 Å². The van der Waals surface area contributed by atoms with Crippen molar-refractivity contribution in [2.75, 3.05) is 0 Å². The van der Waals surface area contributed by atoms with E-state index >= 15 is 0 Å². The third kappa shape index (κ3) is 2.30. The zero-order valence-electron chi connectivity index (χ0n) is 14.5. The van der Waals surface area contributed by atoms with Gasteiger partial charge >= 0.3 is 0 Å². The molecule has 4 aromatic rings. The molecule has 0 nitrogen and oxygen atoms in total. The second-order valence-electron chi connectivity index (χ2n) is 6.73. The average molecular weight is 310 g/mol. The van der Waals surface area contributed by atoms with E-state index in [0.717, 1.165) is 0 Å². The highest BCUT2D eigenvalue weighted by atomic mass is 14.2. The summed E-state index contributed by atoms with van der Waals surface area (Å²) in [6.45, 7) is 6.78. The van der Waals surface area contributed by atoms with Gasteiger partial charge < -0.3 is 0 Å². The molecule has 0 heteroatoms. The monoisotopic (exact) mass is 310 g/mol. The SMILES string of the molecule is Cc1c2ccccc2c(C)c2cc(C(C)c3ccccc3)ccc12. The van der Waals surface area contributed by atoms with E-state index in [9.17, 15) is 0 Å². The van der Waals surface area contributed by atoms with Crippen LogP contribution in [0.5, 0.6) is 0 Å². The van der Waals surface area contributed by atoms with Crippen LogP contribution in [0.1, 0.15) is 35.1 Å². The van der Waals surface area contributed by atoms with Crippen LogP contribution in [0.2, 0.25) is 0 Å². The Morgan fingerprint density at radius 2 is 1.08 bits per heavy atom. The molecule has 0 saturated carbocycles. The molecular weight excluding hydrogens is 288 g/mol. The molecule has 0 spiro atoms. The van der Waals surface area contributed by atoms with Gasteiger partial charge in [0.25, 0.3) is 0 Å². The van der Waals surface area contributed by atoms with Gasteiger partial charge in [0.05, 0.1) is 0 Å². The summed E-state index contributed by atoms with van der Waals surface area (Å²) in [6, 6.07) is 26.5. The Bertz CT molecular complexity index is 1030. The number of hydrogen-bond donors (Lipinski definition) is 0. The molecular formula is C24H22. The molecule has 0 aliphatic heterocycles. The number of rotatable bonds is 2. The van der Waals surface area contributed by atoms with Gasteiger partial charge in [-0.3, -0.25) is 0 Å². The van der Waals surface area contributed by atoms with E-state index < -0.39 is 0 Å². The third-order valence-electron chi connectivity index (χ3n) is 5.39.